The summed E-state index contributed by atoms with van der Waals surface area (Å²) in [7, 11) is -1.39. The Morgan fingerprint density at radius 2 is 1.77 bits per heavy atom. The summed E-state index contributed by atoms with van der Waals surface area (Å²) in [5.41, 5.74) is 0.606. The van der Waals surface area contributed by atoms with Crippen LogP contribution in [0, 0.1) is 0 Å². The van der Waals surface area contributed by atoms with Crippen molar-refractivity contribution in [3.05, 3.63) is 65.9 Å². The normalized spacial score (nSPS) is 10.9. The molecule has 0 radical (unpaired) electrons. The van der Waals surface area contributed by atoms with E-state index in [2.05, 4.69) is 25.0 Å². The first-order valence-corrected chi connectivity index (χ1v) is 10.0. The molecule has 0 spiro atoms. The van der Waals surface area contributed by atoms with Gasteiger partial charge in [0, 0.05) is 11.4 Å². The first kappa shape index (κ1) is 20.9. The molecule has 1 amide bonds. The number of sulfonamides is 1. The van der Waals surface area contributed by atoms with Crippen LogP contribution < -0.4 is 14.8 Å². The van der Waals surface area contributed by atoms with E-state index in [9.17, 15) is 18.0 Å². The predicted molar refractivity (Wildman–Crippen MR) is 108 cm³/mol. The summed E-state index contributed by atoms with van der Waals surface area (Å²) in [5, 5.41) is 8.15. The maximum Gasteiger partial charge on any atom is 0.337 e. The molecule has 2 aromatic carbocycles. The van der Waals surface area contributed by atoms with Crippen LogP contribution in [0.2, 0.25) is 0 Å². The highest BCUT2D eigenvalue weighted by Crippen LogP contribution is 2.21. The van der Waals surface area contributed by atoms with Crippen molar-refractivity contribution in [1.82, 2.24) is 10.2 Å². The zero-order valence-corrected chi connectivity index (χ0v) is 16.8. The second-order valence-electron chi connectivity index (χ2n) is 5.97. The molecule has 0 saturated heterocycles. The van der Waals surface area contributed by atoms with Crippen LogP contribution in [-0.4, -0.2) is 44.7 Å². The molecule has 11 heteroatoms. The number of hydrogen-bond donors (Lipinski definition) is 3. The molecule has 30 heavy (non-hydrogen) atoms. The third-order valence-electron chi connectivity index (χ3n) is 4.00. The van der Waals surface area contributed by atoms with Gasteiger partial charge in [-0.15, -0.1) is 0 Å². The number of nitrogens with zero attached hydrogens (tertiary/aromatic N) is 1. The van der Waals surface area contributed by atoms with Crippen LogP contribution in [-0.2, 0) is 14.8 Å². The lowest BCUT2D eigenvalue weighted by Crippen LogP contribution is -2.20. The van der Waals surface area contributed by atoms with Crippen molar-refractivity contribution in [3.63, 3.8) is 0 Å². The summed E-state index contributed by atoms with van der Waals surface area (Å²) in [6.45, 7) is 0. The molecule has 0 atom stereocenters. The summed E-state index contributed by atoms with van der Waals surface area (Å²) in [4.78, 5) is 24.3. The van der Waals surface area contributed by atoms with E-state index in [4.69, 9.17) is 4.74 Å². The number of aromatic nitrogens is 2. The SMILES string of the molecule is COC(=O)c1cccc(NC(=O)c2cn[nH]c2S(=O)(=O)Nc2ccc(OC)cc2)c1. The van der Waals surface area contributed by atoms with Crippen molar-refractivity contribution < 1.29 is 27.5 Å². The molecule has 0 aliphatic carbocycles. The number of methoxy groups -OCH3 is 2. The number of amides is 1. The Kier molecular flexibility index (Phi) is 6.02. The number of anilines is 2. The number of carbonyl (C=O) groups is 2. The van der Waals surface area contributed by atoms with E-state index in [1.165, 1.54) is 38.5 Å². The van der Waals surface area contributed by atoms with E-state index in [-0.39, 0.29) is 22.5 Å². The highest BCUT2D eigenvalue weighted by molar-refractivity contribution is 7.92. The van der Waals surface area contributed by atoms with Crippen molar-refractivity contribution in [2.45, 2.75) is 5.03 Å². The Morgan fingerprint density at radius 3 is 2.43 bits per heavy atom. The minimum Gasteiger partial charge on any atom is -0.497 e. The van der Waals surface area contributed by atoms with Gasteiger partial charge in [-0.25, -0.2) is 4.79 Å². The monoisotopic (exact) mass is 430 g/mol. The van der Waals surface area contributed by atoms with Crippen molar-refractivity contribution in [3.8, 4) is 5.75 Å². The maximum atomic E-state index is 12.7. The van der Waals surface area contributed by atoms with Gasteiger partial charge >= 0.3 is 5.97 Å². The molecule has 1 aromatic heterocycles. The molecule has 10 nitrogen and oxygen atoms in total. The number of hydrogen-bond acceptors (Lipinski definition) is 7. The van der Waals surface area contributed by atoms with Gasteiger partial charge < -0.3 is 14.8 Å². The average Bonchev–Trinajstić information content (AvgIpc) is 3.25. The summed E-state index contributed by atoms with van der Waals surface area (Å²) < 4.78 is 37.5. The van der Waals surface area contributed by atoms with Crippen molar-refractivity contribution in [2.24, 2.45) is 0 Å². The quantitative estimate of drug-likeness (QED) is 0.489. The molecular formula is C19H18N4O6S. The molecule has 0 unspecified atom stereocenters. The van der Waals surface area contributed by atoms with Crippen LogP contribution in [0.15, 0.2) is 59.8 Å². The lowest BCUT2D eigenvalue weighted by molar-refractivity contribution is 0.0600. The largest absolute Gasteiger partial charge is 0.497 e. The number of rotatable bonds is 7. The molecule has 3 rings (SSSR count). The van der Waals surface area contributed by atoms with E-state index in [1.807, 2.05) is 0 Å². The number of aromatic amines is 1. The van der Waals surface area contributed by atoms with Crippen LogP contribution in [0.4, 0.5) is 11.4 Å². The summed E-state index contributed by atoms with van der Waals surface area (Å²) in [5.74, 6) is -0.726. The zero-order chi connectivity index (χ0) is 21.7. The fraction of sp³-hybridized carbons (Fsp3) is 0.105. The fourth-order valence-electron chi connectivity index (χ4n) is 2.55. The van der Waals surface area contributed by atoms with Crippen LogP contribution in [0.3, 0.4) is 0 Å². The minimum absolute atomic E-state index is 0.195. The van der Waals surface area contributed by atoms with Gasteiger partial charge in [0.15, 0.2) is 5.03 Å². The number of H-pyrrole nitrogens is 1. The molecule has 0 aliphatic rings. The topological polar surface area (TPSA) is 139 Å². The van der Waals surface area contributed by atoms with Gasteiger partial charge in [0.25, 0.3) is 15.9 Å². The summed E-state index contributed by atoms with van der Waals surface area (Å²) in [6.07, 6.45) is 1.10. The Hall–Kier alpha value is -3.86. The highest BCUT2D eigenvalue weighted by Gasteiger charge is 2.25. The van der Waals surface area contributed by atoms with Crippen molar-refractivity contribution >= 4 is 33.3 Å². The number of carbonyl (C=O) groups excluding carboxylic acids is 2. The van der Waals surface area contributed by atoms with Crippen LogP contribution in [0.5, 0.6) is 5.75 Å². The van der Waals surface area contributed by atoms with E-state index >= 15 is 0 Å². The van der Waals surface area contributed by atoms with E-state index in [0.29, 0.717) is 5.75 Å². The third kappa shape index (κ3) is 4.58. The van der Waals surface area contributed by atoms with Gasteiger partial charge in [-0.3, -0.25) is 14.6 Å². The molecule has 0 saturated carbocycles. The average molecular weight is 430 g/mol. The van der Waals surface area contributed by atoms with Gasteiger partial charge in [-0.1, -0.05) is 6.07 Å². The maximum absolute atomic E-state index is 12.7. The smallest absolute Gasteiger partial charge is 0.337 e. The predicted octanol–water partition coefficient (Wildman–Crippen LogP) is 2.26. The lowest BCUT2D eigenvalue weighted by atomic mass is 10.2. The minimum atomic E-state index is -4.13. The van der Waals surface area contributed by atoms with Crippen LogP contribution in [0.1, 0.15) is 20.7 Å². The van der Waals surface area contributed by atoms with E-state index in [1.54, 1.807) is 24.3 Å². The first-order valence-electron chi connectivity index (χ1n) is 8.54. The second kappa shape index (κ2) is 8.66. The van der Waals surface area contributed by atoms with Gasteiger partial charge in [0.05, 0.1) is 31.5 Å². The number of nitrogens with one attached hydrogen (secondary N) is 3. The highest BCUT2D eigenvalue weighted by atomic mass is 32.2. The lowest BCUT2D eigenvalue weighted by Gasteiger charge is -2.10. The molecule has 0 aliphatic heterocycles. The number of benzene rings is 2. The molecular weight excluding hydrogens is 412 g/mol. The molecule has 3 N–H and O–H groups in total. The first-order chi connectivity index (χ1) is 14.3. The Bertz CT molecular complexity index is 1170. The molecule has 0 bridgehead atoms. The molecule has 0 fully saturated rings. The molecule has 3 aromatic rings. The third-order valence-corrected chi connectivity index (χ3v) is 5.35. The van der Waals surface area contributed by atoms with Gasteiger partial charge in [-0.2, -0.15) is 13.5 Å². The summed E-state index contributed by atoms with van der Waals surface area (Å²) >= 11 is 0. The Labute approximate surface area is 172 Å². The van der Waals surface area contributed by atoms with Crippen molar-refractivity contribution in [1.29, 1.82) is 0 Å². The van der Waals surface area contributed by atoms with Gasteiger partial charge in [0.1, 0.15) is 5.75 Å². The standard InChI is InChI=1S/C19H18N4O6S/c1-28-15-8-6-13(7-9-15)23-30(26,27)18-16(11-20-22-18)17(24)21-14-5-3-4-12(10-14)19(25)29-2/h3-11,23H,1-2H3,(H,20,22)(H,21,24). The number of esters is 1. The molecule has 156 valence electrons. The van der Waals surface area contributed by atoms with E-state index < -0.39 is 26.9 Å². The van der Waals surface area contributed by atoms with Crippen LogP contribution >= 0.6 is 0 Å². The Balaban J connectivity index is 1.81. The molecule has 1 heterocycles. The van der Waals surface area contributed by atoms with E-state index in [0.717, 1.165) is 6.20 Å². The van der Waals surface area contributed by atoms with Crippen LogP contribution in [0.25, 0.3) is 0 Å². The van der Waals surface area contributed by atoms with Gasteiger partial charge in [0.2, 0.25) is 0 Å². The van der Waals surface area contributed by atoms with Gasteiger partial charge in [-0.05, 0) is 42.5 Å². The Morgan fingerprint density at radius 1 is 1.03 bits per heavy atom. The summed E-state index contributed by atoms with van der Waals surface area (Å²) in [6, 6.07) is 12.3. The zero-order valence-electron chi connectivity index (χ0n) is 16.0. The second-order valence-corrected chi connectivity index (χ2v) is 7.59. The fourth-order valence-corrected chi connectivity index (χ4v) is 3.70. The van der Waals surface area contributed by atoms with Crippen molar-refractivity contribution in [2.75, 3.05) is 24.3 Å². The number of ether oxygens (including phenoxy) is 2.